The lowest BCUT2D eigenvalue weighted by Gasteiger charge is -2.37. The summed E-state index contributed by atoms with van der Waals surface area (Å²) in [7, 11) is 0. The number of piperazine rings is 1. The molecular weight excluding hydrogens is 290 g/mol. The molecule has 0 bridgehead atoms. The van der Waals surface area contributed by atoms with Crippen molar-refractivity contribution in [2.24, 2.45) is 0 Å². The van der Waals surface area contributed by atoms with Crippen LogP contribution in [0.2, 0.25) is 5.02 Å². The van der Waals surface area contributed by atoms with E-state index in [-0.39, 0.29) is 11.2 Å². The fraction of sp³-hybridized carbons (Fsp3) is 0.286. The molecule has 0 saturated carbocycles. The Morgan fingerprint density at radius 2 is 1.81 bits per heavy atom. The molecule has 0 aliphatic carbocycles. The number of nitrogen functional groups attached to an aromatic ring is 1. The summed E-state index contributed by atoms with van der Waals surface area (Å²) in [4.78, 5) is 22.4. The van der Waals surface area contributed by atoms with Crippen LogP contribution >= 0.6 is 11.6 Å². The molecule has 7 heteroatoms. The molecule has 0 spiro atoms. The van der Waals surface area contributed by atoms with Crippen LogP contribution in [0.25, 0.3) is 0 Å². The third-order valence-corrected chi connectivity index (χ3v) is 3.96. The van der Waals surface area contributed by atoms with Crippen molar-refractivity contribution in [2.75, 3.05) is 41.7 Å². The lowest BCUT2D eigenvalue weighted by Crippen LogP contribution is -2.47. The van der Waals surface area contributed by atoms with Gasteiger partial charge in [0.1, 0.15) is 5.69 Å². The molecule has 21 heavy (non-hydrogen) atoms. The van der Waals surface area contributed by atoms with Crippen molar-refractivity contribution in [2.45, 2.75) is 0 Å². The highest BCUT2D eigenvalue weighted by atomic mass is 35.5. The number of anilines is 3. The first kappa shape index (κ1) is 13.8. The van der Waals surface area contributed by atoms with Crippen LogP contribution in [0, 0.1) is 0 Å². The van der Waals surface area contributed by atoms with E-state index < -0.39 is 0 Å². The smallest absolute Gasteiger partial charge is 0.276 e. The number of halogens is 1. The summed E-state index contributed by atoms with van der Waals surface area (Å²) in [6.07, 6.45) is 1.38. The molecule has 0 radical (unpaired) electrons. The molecule has 3 N–H and O–H groups in total. The van der Waals surface area contributed by atoms with Gasteiger partial charge in [-0.3, -0.25) is 4.79 Å². The number of benzene rings is 1. The zero-order valence-electron chi connectivity index (χ0n) is 11.4. The Labute approximate surface area is 127 Å². The fourth-order valence-electron chi connectivity index (χ4n) is 2.52. The second kappa shape index (κ2) is 5.65. The Hall–Kier alpha value is -2.21. The zero-order chi connectivity index (χ0) is 14.8. The van der Waals surface area contributed by atoms with Gasteiger partial charge in [-0.15, -0.1) is 0 Å². The number of H-pyrrole nitrogens is 1. The van der Waals surface area contributed by atoms with E-state index in [9.17, 15) is 4.79 Å². The van der Waals surface area contributed by atoms with Gasteiger partial charge < -0.3 is 20.5 Å². The summed E-state index contributed by atoms with van der Waals surface area (Å²) < 4.78 is 0. The van der Waals surface area contributed by atoms with Crippen molar-refractivity contribution in [3.05, 3.63) is 46.0 Å². The molecule has 1 aliphatic rings. The number of nitrogens with two attached hydrogens (primary N) is 1. The third-order valence-electron chi connectivity index (χ3n) is 3.64. The maximum Gasteiger partial charge on any atom is 0.276 e. The Morgan fingerprint density at radius 3 is 2.52 bits per heavy atom. The largest absolute Gasteiger partial charge is 0.391 e. The molecule has 6 nitrogen and oxygen atoms in total. The molecule has 110 valence electrons. The summed E-state index contributed by atoms with van der Waals surface area (Å²) in [6, 6.07) is 7.80. The summed E-state index contributed by atoms with van der Waals surface area (Å²) >= 11 is 6.22. The van der Waals surface area contributed by atoms with E-state index in [0.29, 0.717) is 5.82 Å². The highest BCUT2D eigenvalue weighted by Gasteiger charge is 2.21. The molecule has 3 rings (SSSR count). The lowest BCUT2D eigenvalue weighted by molar-refractivity contribution is 0.647. The molecule has 0 atom stereocenters. The van der Waals surface area contributed by atoms with Crippen LogP contribution in [0.15, 0.2) is 35.4 Å². The van der Waals surface area contributed by atoms with Gasteiger partial charge in [-0.25, -0.2) is 4.98 Å². The minimum absolute atomic E-state index is 0.170. The lowest BCUT2D eigenvalue weighted by atomic mass is 10.2. The predicted molar refractivity (Wildman–Crippen MR) is 85.1 cm³/mol. The minimum atomic E-state index is -0.298. The minimum Gasteiger partial charge on any atom is -0.391 e. The van der Waals surface area contributed by atoms with Gasteiger partial charge in [0.05, 0.1) is 17.0 Å². The van der Waals surface area contributed by atoms with E-state index in [1.807, 2.05) is 29.2 Å². The van der Waals surface area contributed by atoms with Gasteiger partial charge in [-0.2, -0.15) is 0 Å². The zero-order valence-corrected chi connectivity index (χ0v) is 12.2. The predicted octanol–water partition coefficient (Wildman–Crippen LogP) is 1.33. The van der Waals surface area contributed by atoms with Crippen LogP contribution in [-0.2, 0) is 0 Å². The second-order valence-corrected chi connectivity index (χ2v) is 5.30. The number of hydrogen-bond donors (Lipinski definition) is 2. The van der Waals surface area contributed by atoms with Crippen molar-refractivity contribution in [3.8, 4) is 0 Å². The first-order valence-corrected chi connectivity index (χ1v) is 7.12. The molecule has 0 amide bonds. The third kappa shape index (κ3) is 2.67. The highest BCUT2D eigenvalue weighted by Crippen LogP contribution is 2.27. The van der Waals surface area contributed by atoms with Crippen LogP contribution in [0.4, 0.5) is 17.2 Å². The molecule has 1 aromatic carbocycles. The van der Waals surface area contributed by atoms with Crippen LogP contribution in [-0.4, -0.2) is 36.1 Å². The second-order valence-electron chi connectivity index (χ2n) is 4.89. The summed E-state index contributed by atoms with van der Waals surface area (Å²) in [6.45, 7) is 3.09. The number of para-hydroxylation sites is 1. The van der Waals surface area contributed by atoms with E-state index in [4.69, 9.17) is 17.3 Å². The van der Waals surface area contributed by atoms with Gasteiger partial charge >= 0.3 is 0 Å². The average molecular weight is 306 g/mol. The van der Waals surface area contributed by atoms with Crippen molar-refractivity contribution < 1.29 is 0 Å². The van der Waals surface area contributed by atoms with Gasteiger partial charge in [-0.05, 0) is 12.1 Å². The van der Waals surface area contributed by atoms with Crippen LogP contribution in [0.1, 0.15) is 0 Å². The van der Waals surface area contributed by atoms with E-state index >= 15 is 0 Å². The normalized spacial score (nSPS) is 15.3. The topological polar surface area (TPSA) is 78.2 Å². The Kier molecular flexibility index (Phi) is 3.70. The number of hydrogen-bond acceptors (Lipinski definition) is 5. The van der Waals surface area contributed by atoms with Crippen LogP contribution in [0.3, 0.4) is 0 Å². The number of nitrogens with one attached hydrogen (secondary N) is 1. The molecule has 0 unspecified atom stereocenters. The first-order valence-electron chi connectivity index (χ1n) is 6.74. The van der Waals surface area contributed by atoms with Crippen molar-refractivity contribution in [1.29, 1.82) is 0 Å². The highest BCUT2D eigenvalue weighted by molar-refractivity contribution is 6.33. The molecule has 1 saturated heterocycles. The number of rotatable bonds is 2. The Morgan fingerprint density at radius 1 is 1.14 bits per heavy atom. The van der Waals surface area contributed by atoms with Gasteiger partial charge in [0.2, 0.25) is 0 Å². The average Bonchev–Trinajstić information content (AvgIpc) is 2.51. The molecule has 1 aromatic heterocycles. The quantitative estimate of drug-likeness (QED) is 0.875. The Bertz CT molecular complexity index is 694. The molecule has 2 aromatic rings. The Balaban J connectivity index is 1.75. The number of aromatic amines is 1. The first-order chi connectivity index (χ1) is 10.2. The van der Waals surface area contributed by atoms with Crippen molar-refractivity contribution in [3.63, 3.8) is 0 Å². The van der Waals surface area contributed by atoms with Crippen molar-refractivity contribution in [1.82, 2.24) is 9.97 Å². The number of nitrogens with zero attached hydrogens (tertiary/aromatic N) is 3. The summed E-state index contributed by atoms with van der Waals surface area (Å²) in [5.74, 6) is 0.553. The summed E-state index contributed by atoms with van der Waals surface area (Å²) in [5, 5.41) is 0.750. The van der Waals surface area contributed by atoms with Crippen LogP contribution in [0.5, 0.6) is 0 Å². The standard InChI is InChI=1S/C14H16ClN5O/c15-10-3-1-2-4-11(10)19-5-7-20(8-6-19)13-12(16)14(21)18-9-17-13/h1-4,9H,5-8,16H2,(H,17,18,21). The van der Waals surface area contributed by atoms with Gasteiger partial charge in [0.25, 0.3) is 5.56 Å². The van der Waals surface area contributed by atoms with Crippen LogP contribution < -0.4 is 21.1 Å². The fourth-order valence-corrected chi connectivity index (χ4v) is 2.78. The van der Waals surface area contributed by atoms with Gasteiger partial charge in [-0.1, -0.05) is 23.7 Å². The summed E-state index contributed by atoms with van der Waals surface area (Å²) in [5.41, 5.74) is 6.71. The van der Waals surface area contributed by atoms with E-state index in [1.165, 1.54) is 6.33 Å². The van der Waals surface area contributed by atoms with Crippen molar-refractivity contribution >= 4 is 28.8 Å². The van der Waals surface area contributed by atoms with Gasteiger partial charge in [0.15, 0.2) is 5.82 Å². The van der Waals surface area contributed by atoms with E-state index in [2.05, 4.69) is 14.9 Å². The molecule has 1 fully saturated rings. The maximum atomic E-state index is 11.5. The monoisotopic (exact) mass is 305 g/mol. The molecular formula is C14H16ClN5O. The number of aromatic nitrogens is 2. The van der Waals surface area contributed by atoms with Gasteiger partial charge in [0, 0.05) is 26.2 Å². The van der Waals surface area contributed by atoms with E-state index in [0.717, 1.165) is 36.9 Å². The maximum absolute atomic E-state index is 11.5. The molecule has 2 heterocycles. The van der Waals surface area contributed by atoms with E-state index in [1.54, 1.807) is 0 Å². The molecule has 1 aliphatic heterocycles. The SMILES string of the molecule is Nc1c(N2CCN(c3ccccc3Cl)CC2)nc[nH]c1=O.